The highest BCUT2D eigenvalue weighted by Crippen LogP contribution is 3.00. The maximum Gasteiger partial charge on any atom is -0.0170 e. The number of rotatable bonds is 0. The third kappa shape index (κ3) is 0.189. The molecule has 0 aromatic carbocycles. The van der Waals surface area contributed by atoms with Crippen LogP contribution in [0.4, 0.5) is 0 Å². The van der Waals surface area contributed by atoms with E-state index in [9.17, 15) is 0 Å². The fourth-order valence-corrected chi connectivity index (χ4v) is 4.52. The summed E-state index contributed by atoms with van der Waals surface area (Å²) in [5.41, 5.74) is 1.03. The molecule has 0 heteroatoms. The lowest BCUT2D eigenvalue weighted by molar-refractivity contribution is 0.320. The number of hydrogen-bond donors (Lipinski definition) is 0. The smallest absolute Gasteiger partial charge is 0.0170 e. The summed E-state index contributed by atoms with van der Waals surface area (Å²) in [4.78, 5) is 0. The molecule has 2 bridgehead atoms. The molecule has 0 aromatic rings. The highest BCUT2D eigenvalue weighted by Gasteiger charge is 2.96. The molecule has 4 unspecified atom stereocenters. The molecule has 0 N–H and O–H groups in total. The zero-order valence-electron chi connectivity index (χ0n) is 5.80. The molecule has 0 nitrogen and oxygen atoms in total. The van der Waals surface area contributed by atoms with Crippen molar-refractivity contribution in [2.45, 2.75) is 19.8 Å². The van der Waals surface area contributed by atoms with Crippen molar-refractivity contribution in [2.75, 3.05) is 0 Å². The van der Waals surface area contributed by atoms with E-state index in [0.717, 1.165) is 11.3 Å². The Morgan fingerprint density at radius 2 is 2.00 bits per heavy atom. The molecule has 0 aromatic heterocycles. The Balaban J connectivity index is 1.88. The SMILES string of the molecule is CC1C2CCC3C4C3C124. The Morgan fingerprint density at radius 3 is 2.56 bits per heavy atom. The molecule has 0 radical (unpaired) electrons. The van der Waals surface area contributed by atoms with Gasteiger partial charge >= 0.3 is 0 Å². The zero-order chi connectivity index (χ0) is 5.80. The van der Waals surface area contributed by atoms with E-state index in [1.807, 2.05) is 0 Å². The van der Waals surface area contributed by atoms with Crippen molar-refractivity contribution >= 4 is 0 Å². The van der Waals surface area contributed by atoms with Crippen LogP contribution < -0.4 is 0 Å². The summed E-state index contributed by atoms with van der Waals surface area (Å²) in [5.74, 6) is 6.20. The molecule has 5 saturated carbocycles. The topological polar surface area (TPSA) is 0 Å². The summed E-state index contributed by atoms with van der Waals surface area (Å²) in [6.07, 6.45) is 3.20. The van der Waals surface area contributed by atoms with Crippen LogP contribution in [0.5, 0.6) is 0 Å². The number of hydrogen-bond acceptors (Lipinski definition) is 0. The van der Waals surface area contributed by atoms with E-state index in [4.69, 9.17) is 0 Å². The first-order chi connectivity index (χ1) is 4.38. The van der Waals surface area contributed by atoms with E-state index in [2.05, 4.69) is 6.92 Å². The summed E-state index contributed by atoms with van der Waals surface area (Å²) in [6, 6.07) is 0. The van der Waals surface area contributed by atoms with Gasteiger partial charge in [0.2, 0.25) is 0 Å². The monoisotopic (exact) mass is 120 g/mol. The lowest BCUT2D eigenvalue weighted by atomic mass is 9.88. The average Bonchev–Trinajstić information content (AvgIpc) is 2.64. The lowest BCUT2D eigenvalue weighted by Gasteiger charge is -2.16. The van der Waals surface area contributed by atoms with Gasteiger partial charge in [0.25, 0.3) is 0 Å². The van der Waals surface area contributed by atoms with Crippen LogP contribution in [0.2, 0.25) is 0 Å². The van der Waals surface area contributed by atoms with Gasteiger partial charge in [0.05, 0.1) is 0 Å². The van der Waals surface area contributed by atoms with Crippen LogP contribution in [-0.4, -0.2) is 0 Å². The Bertz CT molecular complexity index is 191. The van der Waals surface area contributed by atoms with Crippen molar-refractivity contribution in [2.24, 2.45) is 35.0 Å². The van der Waals surface area contributed by atoms with Gasteiger partial charge in [-0.05, 0) is 47.8 Å². The van der Waals surface area contributed by atoms with Gasteiger partial charge in [-0.2, -0.15) is 0 Å². The molecule has 1 spiro atoms. The fraction of sp³-hybridized carbons (Fsp3) is 1.00. The minimum absolute atomic E-state index is 1.03. The zero-order valence-corrected chi connectivity index (χ0v) is 5.80. The Labute approximate surface area is 55.6 Å². The van der Waals surface area contributed by atoms with Gasteiger partial charge < -0.3 is 0 Å². The molecule has 5 aliphatic carbocycles. The molecular weight excluding hydrogens is 108 g/mol. The standard InChI is InChI=1S/C9H12/c1-4-6-3-2-5-7-8(5)9(4,6)7/h4-8H,2-3H2,1H3. The fourth-order valence-electron chi connectivity index (χ4n) is 4.52. The third-order valence-electron chi connectivity index (χ3n) is 4.95. The molecular formula is C9H12. The van der Waals surface area contributed by atoms with Crippen molar-refractivity contribution < 1.29 is 0 Å². The normalized spacial score (nSPS) is 87.0. The molecule has 5 rings (SSSR count). The Hall–Kier alpha value is 0. The van der Waals surface area contributed by atoms with Crippen molar-refractivity contribution in [1.82, 2.24) is 0 Å². The molecule has 9 heavy (non-hydrogen) atoms. The van der Waals surface area contributed by atoms with Crippen LogP contribution >= 0.6 is 0 Å². The summed E-state index contributed by atoms with van der Waals surface area (Å²) in [5, 5.41) is 0. The predicted molar refractivity (Wildman–Crippen MR) is 34.8 cm³/mol. The molecule has 0 heterocycles. The lowest BCUT2D eigenvalue weighted by Crippen LogP contribution is -2.10. The molecule has 4 atom stereocenters. The molecule has 0 aliphatic heterocycles. The minimum Gasteiger partial charge on any atom is -0.0617 e. The van der Waals surface area contributed by atoms with Gasteiger partial charge in [0, 0.05) is 0 Å². The van der Waals surface area contributed by atoms with Gasteiger partial charge in [-0.1, -0.05) is 6.92 Å². The Morgan fingerprint density at radius 1 is 1.22 bits per heavy atom. The third-order valence-corrected chi connectivity index (χ3v) is 4.95. The van der Waals surface area contributed by atoms with Crippen molar-refractivity contribution in [3.05, 3.63) is 0 Å². The second-order valence-corrected chi connectivity index (χ2v) is 4.69. The molecule has 0 saturated heterocycles. The summed E-state index contributed by atoms with van der Waals surface area (Å²) < 4.78 is 0. The van der Waals surface area contributed by atoms with Gasteiger partial charge in [-0.15, -0.1) is 0 Å². The van der Waals surface area contributed by atoms with Crippen LogP contribution in [0.1, 0.15) is 19.8 Å². The quantitative estimate of drug-likeness (QED) is 0.458. The predicted octanol–water partition coefficient (Wildman–Crippen LogP) is 1.91. The van der Waals surface area contributed by atoms with E-state index in [0.29, 0.717) is 0 Å². The Kier molecular flexibility index (Phi) is 0.329. The first-order valence-electron chi connectivity index (χ1n) is 4.38. The summed E-state index contributed by atoms with van der Waals surface area (Å²) in [7, 11) is 0. The van der Waals surface area contributed by atoms with Crippen LogP contribution in [0, 0.1) is 35.0 Å². The van der Waals surface area contributed by atoms with Crippen molar-refractivity contribution in [3.8, 4) is 0 Å². The van der Waals surface area contributed by atoms with Crippen molar-refractivity contribution in [3.63, 3.8) is 0 Å². The first kappa shape index (κ1) is 4.00. The second-order valence-electron chi connectivity index (χ2n) is 4.69. The van der Waals surface area contributed by atoms with Crippen LogP contribution in [0.25, 0.3) is 0 Å². The summed E-state index contributed by atoms with van der Waals surface area (Å²) >= 11 is 0. The van der Waals surface area contributed by atoms with E-state index in [1.165, 1.54) is 23.7 Å². The van der Waals surface area contributed by atoms with Crippen LogP contribution in [0.15, 0.2) is 0 Å². The highest BCUT2D eigenvalue weighted by atomic mass is 15.0. The molecule has 48 valence electrons. The maximum atomic E-state index is 2.49. The van der Waals surface area contributed by atoms with E-state index in [1.54, 1.807) is 12.8 Å². The minimum atomic E-state index is 1.03. The molecule has 0 amide bonds. The molecule has 5 fully saturated rings. The average molecular weight is 120 g/mol. The number of fused-ring (bicyclic) bond motifs is 1. The van der Waals surface area contributed by atoms with E-state index in [-0.39, 0.29) is 0 Å². The maximum absolute atomic E-state index is 2.49. The summed E-state index contributed by atoms with van der Waals surface area (Å²) in [6.45, 7) is 2.49. The highest BCUT2D eigenvalue weighted by molar-refractivity contribution is 5.42. The van der Waals surface area contributed by atoms with Gasteiger partial charge in [-0.25, -0.2) is 0 Å². The second kappa shape index (κ2) is 0.741. The van der Waals surface area contributed by atoms with Crippen molar-refractivity contribution in [1.29, 1.82) is 0 Å². The van der Waals surface area contributed by atoms with E-state index < -0.39 is 0 Å². The van der Waals surface area contributed by atoms with Crippen LogP contribution in [0.3, 0.4) is 0 Å². The van der Waals surface area contributed by atoms with Gasteiger partial charge in [-0.3, -0.25) is 0 Å². The molecule has 5 aliphatic rings. The van der Waals surface area contributed by atoms with Crippen LogP contribution in [-0.2, 0) is 0 Å². The largest absolute Gasteiger partial charge is 0.0617 e. The van der Waals surface area contributed by atoms with Gasteiger partial charge in [0.15, 0.2) is 0 Å². The van der Waals surface area contributed by atoms with Gasteiger partial charge in [0.1, 0.15) is 0 Å². The van der Waals surface area contributed by atoms with E-state index >= 15 is 0 Å². The first-order valence-corrected chi connectivity index (χ1v) is 4.38.